The molecule has 0 unspecified atom stereocenters. The van der Waals surface area contributed by atoms with Crippen LogP contribution in [0, 0.1) is 10.1 Å². The van der Waals surface area contributed by atoms with E-state index < -0.39 is 10.5 Å². The normalized spacial score (nSPS) is 11.1. The number of nitrogens with zero attached hydrogens (tertiary/aromatic N) is 5. The van der Waals surface area contributed by atoms with Gasteiger partial charge in [-0.15, -0.1) is 21.6 Å². The predicted molar refractivity (Wildman–Crippen MR) is 105 cm³/mol. The van der Waals surface area contributed by atoms with Gasteiger partial charge in [-0.25, -0.2) is 9.67 Å². The number of thiazole rings is 1. The van der Waals surface area contributed by atoms with Gasteiger partial charge >= 0.3 is 0 Å². The van der Waals surface area contributed by atoms with Gasteiger partial charge < -0.3 is 0 Å². The van der Waals surface area contributed by atoms with E-state index in [1.165, 1.54) is 40.3 Å². The van der Waals surface area contributed by atoms with Crippen molar-refractivity contribution < 1.29 is 4.92 Å². The number of H-pyrrole nitrogens is 1. The molecule has 0 spiro atoms. The molecular formula is C18H12N6O3S. The number of aromatic amines is 1. The molecule has 0 saturated carbocycles. The Morgan fingerprint density at radius 2 is 1.82 bits per heavy atom. The first-order valence-corrected chi connectivity index (χ1v) is 8.98. The van der Waals surface area contributed by atoms with Gasteiger partial charge in [-0.2, -0.15) is 0 Å². The quantitative estimate of drug-likeness (QED) is 0.303. The second kappa shape index (κ2) is 7.37. The molecule has 0 aliphatic carbocycles. The van der Waals surface area contributed by atoms with Gasteiger partial charge in [0.2, 0.25) is 5.13 Å². The lowest BCUT2D eigenvalue weighted by Gasteiger charge is -2.01. The molecule has 0 saturated heterocycles. The molecule has 2 aromatic carbocycles. The smallest absolute Gasteiger partial charge is 0.288 e. The van der Waals surface area contributed by atoms with Crippen molar-refractivity contribution in [2.24, 2.45) is 10.2 Å². The average molecular weight is 392 g/mol. The van der Waals surface area contributed by atoms with Crippen molar-refractivity contribution in [3.63, 3.8) is 0 Å². The standard InChI is InChI=1S/C18H12N6O3S/c25-17-16(20-21-18-19-10-11-28-18)15(12-4-2-1-3-5-12)22-23(17)13-6-8-14(9-7-13)24(26)27/h1-11,22H. The van der Waals surface area contributed by atoms with E-state index in [0.29, 0.717) is 16.5 Å². The SMILES string of the molecule is O=c1c(N=Nc2nccs2)c(-c2ccccc2)[nH]n1-c1ccc([N+](=O)[O-])cc1. The molecule has 0 radical (unpaired) electrons. The number of aromatic nitrogens is 3. The van der Waals surface area contributed by atoms with Crippen LogP contribution in [0.1, 0.15) is 0 Å². The monoisotopic (exact) mass is 392 g/mol. The minimum atomic E-state index is -0.496. The molecule has 0 bridgehead atoms. The lowest BCUT2D eigenvalue weighted by atomic mass is 10.1. The van der Waals surface area contributed by atoms with E-state index in [9.17, 15) is 14.9 Å². The third kappa shape index (κ3) is 3.35. The zero-order chi connectivity index (χ0) is 19.5. The minimum Gasteiger partial charge on any atom is -0.288 e. The Bertz CT molecular complexity index is 1190. The Morgan fingerprint density at radius 3 is 2.46 bits per heavy atom. The van der Waals surface area contributed by atoms with Crippen LogP contribution < -0.4 is 5.56 Å². The summed E-state index contributed by atoms with van der Waals surface area (Å²) in [7, 11) is 0. The highest BCUT2D eigenvalue weighted by molar-refractivity contribution is 7.13. The van der Waals surface area contributed by atoms with E-state index in [0.717, 1.165) is 5.56 Å². The van der Waals surface area contributed by atoms with E-state index in [-0.39, 0.29) is 11.4 Å². The lowest BCUT2D eigenvalue weighted by Crippen LogP contribution is -2.13. The molecule has 0 aliphatic rings. The molecule has 0 amide bonds. The Labute approximate surface area is 161 Å². The van der Waals surface area contributed by atoms with Crippen molar-refractivity contribution in [3.05, 3.63) is 86.6 Å². The summed E-state index contributed by atoms with van der Waals surface area (Å²) in [5.41, 5.74) is 1.34. The zero-order valence-corrected chi connectivity index (χ0v) is 15.0. The Kier molecular flexibility index (Phi) is 4.60. The fraction of sp³-hybridized carbons (Fsp3) is 0. The summed E-state index contributed by atoms with van der Waals surface area (Å²) >= 11 is 1.30. The number of benzene rings is 2. The third-order valence-electron chi connectivity index (χ3n) is 3.90. The number of nitrogens with one attached hydrogen (secondary N) is 1. The number of non-ortho nitro benzene ring substituents is 1. The highest BCUT2D eigenvalue weighted by Crippen LogP contribution is 2.28. The fourth-order valence-corrected chi connectivity index (χ4v) is 3.04. The first kappa shape index (κ1) is 17.5. The molecule has 10 heteroatoms. The van der Waals surface area contributed by atoms with Gasteiger partial charge in [0, 0.05) is 29.3 Å². The molecule has 9 nitrogen and oxygen atoms in total. The van der Waals surface area contributed by atoms with Crippen molar-refractivity contribution in [1.29, 1.82) is 0 Å². The van der Waals surface area contributed by atoms with E-state index in [2.05, 4.69) is 20.3 Å². The van der Waals surface area contributed by atoms with Crippen molar-refractivity contribution in [2.45, 2.75) is 0 Å². The third-order valence-corrected chi connectivity index (χ3v) is 4.56. The average Bonchev–Trinajstić information content (AvgIpc) is 3.35. The van der Waals surface area contributed by atoms with Gasteiger partial charge in [0.15, 0.2) is 5.69 Å². The molecule has 2 aromatic heterocycles. The molecule has 0 atom stereocenters. The second-order valence-corrected chi connectivity index (χ2v) is 6.50. The number of rotatable bonds is 5. The van der Waals surface area contributed by atoms with Crippen LogP contribution in [0.5, 0.6) is 0 Å². The molecule has 1 N–H and O–H groups in total. The summed E-state index contributed by atoms with van der Waals surface area (Å²) in [5, 5.41) is 24.2. The molecule has 138 valence electrons. The summed E-state index contributed by atoms with van der Waals surface area (Å²) < 4.78 is 1.28. The molecule has 4 rings (SSSR count). The number of nitro groups is 1. The van der Waals surface area contributed by atoms with Crippen molar-refractivity contribution >= 4 is 27.8 Å². The first-order valence-electron chi connectivity index (χ1n) is 8.10. The van der Waals surface area contributed by atoms with Gasteiger partial charge in [-0.3, -0.25) is 20.0 Å². The summed E-state index contributed by atoms with van der Waals surface area (Å²) in [6.45, 7) is 0. The molecule has 0 fully saturated rings. The van der Waals surface area contributed by atoms with Gasteiger partial charge in [0.25, 0.3) is 11.2 Å². The van der Waals surface area contributed by atoms with Crippen LogP contribution >= 0.6 is 11.3 Å². The van der Waals surface area contributed by atoms with Crippen LogP contribution in [-0.2, 0) is 0 Å². The minimum absolute atomic E-state index is 0.0599. The van der Waals surface area contributed by atoms with Gasteiger partial charge in [-0.1, -0.05) is 30.3 Å². The summed E-state index contributed by atoms with van der Waals surface area (Å²) in [4.78, 5) is 27.4. The van der Waals surface area contributed by atoms with E-state index in [1.54, 1.807) is 11.6 Å². The second-order valence-electron chi connectivity index (χ2n) is 5.63. The van der Waals surface area contributed by atoms with E-state index >= 15 is 0 Å². The lowest BCUT2D eigenvalue weighted by molar-refractivity contribution is -0.384. The first-order chi connectivity index (χ1) is 13.6. The van der Waals surface area contributed by atoms with Gasteiger partial charge in [-0.05, 0) is 12.1 Å². The van der Waals surface area contributed by atoms with Gasteiger partial charge in [0.05, 0.1) is 16.3 Å². The highest BCUT2D eigenvalue weighted by atomic mass is 32.1. The molecule has 0 aliphatic heterocycles. The Balaban J connectivity index is 1.84. The number of nitro benzene ring substituents is 1. The maximum absolute atomic E-state index is 13.0. The molecule has 4 aromatic rings. The van der Waals surface area contributed by atoms with Crippen molar-refractivity contribution in [3.8, 4) is 16.9 Å². The van der Waals surface area contributed by atoms with Crippen LogP contribution in [0.3, 0.4) is 0 Å². The summed E-state index contributed by atoms with van der Waals surface area (Å²) in [5.74, 6) is 0. The predicted octanol–water partition coefficient (Wildman–Crippen LogP) is 4.61. The summed E-state index contributed by atoms with van der Waals surface area (Å²) in [6, 6.07) is 14.9. The Morgan fingerprint density at radius 1 is 1.07 bits per heavy atom. The topological polar surface area (TPSA) is 119 Å². The fourth-order valence-electron chi connectivity index (χ4n) is 2.59. The highest BCUT2D eigenvalue weighted by Gasteiger charge is 2.17. The van der Waals surface area contributed by atoms with Crippen molar-refractivity contribution in [1.82, 2.24) is 14.8 Å². The Hall–Kier alpha value is -3.92. The zero-order valence-electron chi connectivity index (χ0n) is 14.2. The number of hydrogen-bond donors (Lipinski definition) is 1. The largest absolute Gasteiger partial charge is 0.299 e. The maximum Gasteiger partial charge on any atom is 0.299 e. The van der Waals surface area contributed by atoms with Gasteiger partial charge in [0.1, 0.15) is 0 Å². The van der Waals surface area contributed by atoms with E-state index in [1.807, 2.05) is 30.3 Å². The van der Waals surface area contributed by atoms with E-state index in [4.69, 9.17) is 0 Å². The van der Waals surface area contributed by atoms with Crippen molar-refractivity contribution in [2.75, 3.05) is 0 Å². The summed E-state index contributed by atoms with van der Waals surface area (Å²) in [6.07, 6.45) is 1.60. The van der Waals surface area contributed by atoms with Crippen LogP contribution in [0.15, 0.2) is 81.2 Å². The molecular weight excluding hydrogens is 380 g/mol. The van der Waals surface area contributed by atoms with Crippen LogP contribution in [-0.4, -0.2) is 19.7 Å². The number of hydrogen-bond acceptors (Lipinski definition) is 7. The van der Waals surface area contributed by atoms with Crippen LogP contribution in [0.4, 0.5) is 16.5 Å². The maximum atomic E-state index is 13.0. The number of azo groups is 1. The van der Waals surface area contributed by atoms with Crippen LogP contribution in [0.25, 0.3) is 16.9 Å². The van der Waals surface area contributed by atoms with Crippen LogP contribution in [0.2, 0.25) is 0 Å². The molecule has 28 heavy (non-hydrogen) atoms. The molecule has 2 heterocycles.